The van der Waals surface area contributed by atoms with Crippen molar-refractivity contribution in [2.75, 3.05) is 13.1 Å². The van der Waals surface area contributed by atoms with Gasteiger partial charge < -0.3 is 15.8 Å². The first kappa shape index (κ1) is 17.2. The number of benzene rings is 3. The van der Waals surface area contributed by atoms with Crippen LogP contribution >= 0.6 is 0 Å². The van der Waals surface area contributed by atoms with Crippen molar-refractivity contribution < 1.29 is 4.74 Å². The van der Waals surface area contributed by atoms with Gasteiger partial charge in [-0.1, -0.05) is 60.7 Å². The maximum Gasteiger partial charge on any atom is 0.0772 e. The first-order chi connectivity index (χ1) is 12.8. The Balaban J connectivity index is 1.47. The van der Waals surface area contributed by atoms with E-state index in [-0.39, 0.29) is 6.10 Å². The second-order valence-corrected chi connectivity index (χ2v) is 7.08. The fraction of sp³-hybridized carbons (Fsp3) is 0.304. The molecular formula is C23H26N2O. The van der Waals surface area contributed by atoms with Crippen LogP contribution < -0.4 is 11.1 Å². The summed E-state index contributed by atoms with van der Waals surface area (Å²) in [5.41, 5.74) is 9.48. The SMILES string of the molecule is NCc1ccc(C2CCNCC2OCc2ccc3ccccc3c2)cc1. The average Bonchev–Trinajstić information content (AvgIpc) is 2.72. The monoisotopic (exact) mass is 346 g/mol. The molecule has 2 unspecified atom stereocenters. The van der Waals surface area contributed by atoms with E-state index in [1.54, 1.807) is 0 Å². The summed E-state index contributed by atoms with van der Waals surface area (Å²) in [6, 6.07) is 23.7. The highest BCUT2D eigenvalue weighted by Gasteiger charge is 2.27. The fourth-order valence-electron chi connectivity index (χ4n) is 3.82. The predicted molar refractivity (Wildman–Crippen MR) is 107 cm³/mol. The molecule has 26 heavy (non-hydrogen) atoms. The van der Waals surface area contributed by atoms with E-state index in [1.807, 2.05) is 0 Å². The lowest BCUT2D eigenvalue weighted by molar-refractivity contribution is 0.0106. The zero-order valence-corrected chi connectivity index (χ0v) is 15.0. The summed E-state index contributed by atoms with van der Waals surface area (Å²) in [6.45, 7) is 3.18. The van der Waals surface area contributed by atoms with Crippen LogP contribution in [0.15, 0.2) is 66.7 Å². The molecule has 0 amide bonds. The second kappa shape index (κ2) is 8.00. The Kier molecular flexibility index (Phi) is 5.30. The summed E-state index contributed by atoms with van der Waals surface area (Å²) in [5, 5.41) is 6.02. The maximum atomic E-state index is 6.35. The molecule has 3 N–H and O–H groups in total. The van der Waals surface area contributed by atoms with Crippen LogP contribution in [0.25, 0.3) is 10.8 Å². The third kappa shape index (κ3) is 3.80. The number of hydrogen-bond donors (Lipinski definition) is 2. The molecule has 3 nitrogen and oxygen atoms in total. The standard InChI is InChI=1S/C23H26N2O/c24-14-17-5-9-20(10-6-17)22-11-12-25-15-23(22)26-16-18-7-8-19-3-1-2-4-21(19)13-18/h1-10,13,22-23,25H,11-12,14-16,24H2. The topological polar surface area (TPSA) is 47.3 Å². The summed E-state index contributed by atoms with van der Waals surface area (Å²) < 4.78 is 6.35. The summed E-state index contributed by atoms with van der Waals surface area (Å²) in [5.74, 6) is 0.434. The highest BCUT2D eigenvalue weighted by Crippen LogP contribution is 2.29. The van der Waals surface area contributed by atoms with Gasteiger partial charge >= 0.3 is 0 Å². The molecule has 0 bridgehead atoms. The molecule has 4 rings (SSSR count). The van der Waals surface area contributed by atoms with Crippen LogP contribution in [0.2, 0.25) is 0 Å². The van der Waals surface area contributed by atoms with Crippen molar-refractivity contribution in [3.63, 3.8) is 0 Å². The first-order valence-electron chi connectivity index (χ1n) is 9.42. The van der Waals surface area contributed by atoms with Crippen molar-refractivity contribution in [1.82, 2.24) is 5.32 Å². The number of fused-ring (bicyclic) bond motifs is 1. The van der Waals surface area contributed by atoms with Crippen molar-refractivity contribution in [3.05, 3.63) is 83.4 Å². The van der Waals surface area contributed by atoms with Crippen LogP contribution in [-0.4, -0.2) is 19.2 Å². The van der Waals surface area contributed by atoms with E-state index in [0.717, 1.165) is 19.5 Å². The molecule has 0 spiro atoms. The van der Waals surface area contributed by atoms with Crippen LogP contribution in [0, 0.1) is 0 Å². The van der Waals surface area contributed by atoms with Gasteiger partial charge in [-0.2, -0.15) is 0 Å². The Morgan fingerprint density at radius 2 is 1.69 bits per heavy atom. The summed E-state index contributed by atoms with van der Waals surface area (Å²) in [4.78, 5) is 0. The van der Waals surface area contributed by atoms with E-state index in [0.29, 0.717) is 19.1 Å². The molecule has 1 saturated heterocycles. The lowest BCUT2D eigenvalue weighted by Crippen LogP contribution is -2.40. The minimum absolute atomic E-state index is 0.193. The summed E-state index contributed by atoms with van der Waals surface area (Å²) in [7, 11) is 0. The van der Waals surface area contributed by atoms with Crippen LogP contribution in [0.5, 0.6) is 0 Å². The van der Waals surface area contributed by atoms with Gasteiger partial charge in [0, 0.05) is 19.0 Å². The molecule has 134 valence electrons. The highest BCUT2D eigenvalue weighted by molar-refractivity contribution is 5.82. The third-order valence-electron chi connectivity index (χ3n) is 5.35. The van der Waals surface area contributed by atoms with Gasteiger partial charge in [-0.3, -0.25) is 0 Å². The molecule has 1 fully saturated rings. The predicted octanol–water partition coefficient (Wildman–Crippen LogP) is 3.96. The molecule has 1 aliphatic rings. The van der Waals surface area contributed by atoms with Gasteiger partial charge in [-0.05, 0) is 46.5 Å². The van der Waals surface area contributed by atoms with Crippen molar-refractivity contribution in [1.29, 1.82) is 0 Å². The highest BCUT2D eigenvalue weighted by atomic mass is 16.5. The van der Waals surface area contributed by atoms with Gasteiger partial charge in [0.15, 0.2) is 0 Å². The van der Waals surface area contributed by atoms with E-state index < -0.39 is 0 Å². The van der Waals surface area contributed by atoms with Gasteiger partial charge in [-0.15, -0.1) is 0 Å². The molecular weight excluding hydrogens is 320 g/mol. The van der Waals surface area contributed by atoms with Crippen LogP contribution in [-0.2, 0) is 17.9 Å². The van der Waals surface area contributed by atoms with Crippen LogP contribution in [0.1, 0.15) is 29.0 Å². The van der Waals surface area contributed by atoms with Gasteiger partial charge in [0.2, 0.25) is 0 Å². The quantitative estimate of drug-likeness (QED) is 0.735. The average molecular weight is 346 g/mol. The molecule has 0 aliphatic carbocycles. The first-order valence-corrected chi connectivity index (χ1v) is 9.42. The molecule has 0 aromatic heterocycles. The van der Waals surface area contributed by atoms with Gasteiger partial charge in [0.1, 0.15) is 0 Å². The molecule has 0 saturated carbocycles. The van der Waals surface area contributed by atoms with Crippen molar-refractivity contribution in [2.45, 2.75) is 31.6 Å². The minimum atomic E-state index is 0.193. The molecule has 3 aromatic rings. The zero-order chi connectivity index (χ0) is 17.8. The third-order valence-corrected chi connectivity index (χ3v) is 5.35. The fourth-order valence-corrected chi connectivity index (χ4v) is 3.82. The second-order valence-electron chi connectivity index (χ2n) is 7.08. The molecule has 0 radical (unpaired) electrons. The number of nitrogens with two attached hydrogens (primary N) is 1. The van der Waals surface area contributed by atoms with Crippen LogP contribution in [0.4, 0.5) is 0 Å². The number of ether oxygens (including phenoxy) is 1. The number of hydrogen-bond acceptors (Lipinski definition) is 3. The number of rotatable bonds is 5. The van der Waals surface area contributed by atoms with Gasteiger partial charge in [0.25, 0.3) is 0 Å². The van der Waals surface area contributed by atoms with E-state index in [9.17, 15) is 0 Å². The van der Waals surface area contributed by atoms with E-state index in [2.05, 4.69) is 72.0 Å². The maximum absolute atomic E-state index is 6.35. The minimum Gasteiger partial charge on any atom is -0.372 e. The Morgan fingerprint density at radius 1 is 0.923 bits per heavy atom. The van der Waals surface area contributed by atoms with Crippen molar-refractivity contribution in [2.24, 2.45) is 5.73 Å². The van der Waals surface area contributed by atoms with Gasteiger partial charge in [0.05, 0.1) is 12.7 Å². The molecule has 3 aromatic carbocycles. The summed E-state index contributed by atoms with van der Waals surface area (Å²) in [6.07, 6.45) is 1.30. The largest absolute Gasteiger partial charge is 0.372 e. The molecule has 1 heterocycles. The lowest BCUT2D eigenvalue weighted by atomic mass is 9.87. The Bertz CT molecular complexity index is 859. The van der Waals surface area contributed by atoms with E-state index >= 15 is 0 Å². The van der Waals surface area contributed by atoms with Gasteiger partial charge in [-0.25, -0.2) is 0 Å². The zero-order valence-electron chi connectivity index (χ0n) is 15.0. The Hall–Kier alpha value is -2.20. The molecule has 2 atom stereocenters. The summed E-state index contributed by atoms with van der Waals surface area (Å²) >= 11 is 0. The normalized spacial score (nSPS) is 20.3. The number of nitrogens with one attached hydrogen (secondary N) is 1. The number of piperidine rings is 1. The molecule has 3 heteroatoms. The smallest absolute Gasteiger partial charge is 0.0772 e. The Morgan fingerprint density at radius 3 is 2.50 bits per heavy atom. The Labute approximate surface area is 155 Å². The van der Waals surface area contributed by atoms with Crippen molar-refractivity contribution in [3.8, 4) is 0 Å². The van der Waals surface area contributed by atoms with E-state index in [4.69, 9.17) is 10.5 Å². The lowest BCUT2D eigenvalue weighted by Gasteiger charge is -2.32. The van der Waals surface area contributed by atoms with Crippen LogP contribution in [0.3, 0.4) is 0 Å². The molecule has 1 aliphatic heterocycles. The van der Waals surface area contributed by atoms with E-state index in [1.165, 1.54) is 27.5 Å². The van der Waals surface area contributed by atoms with Crippen molar-refractivity contribution >= 4 is 10.8 Å².